The summed E-state index contributed by atoms with van der Waals surface area (Å²) >= 11 is 0. The summed E-state index contributed by atoms with van der Waals surface area (Å²) in [7, 11) is 0. The molecule has 2 N–H and O–H groups in total. The highest BCUT2D eigenvalue weighted by Crippen LogP contribution is 2.23. The number of rotatable bonds is 2. The van der Waals surface area contributed by atoms with E-state index >= 15 is 0 Å². The average molecular weight is 302 g/mol. The minimum Gasteiger partial charge on any atom is -0.332 e. The van der Waals surface area contributed by atoms with Crippen LogP contribution < -0.4 is 5.73 Å². The molecule has 7 heteroatoms. The second kappa shape index (κ2) is 5.64. The predicted octanol–water partition coefficient (Wildman–Crippen LogP) is 0.941. The monoisotopic (exact) mass is 302 g/mol. The van der Waals surface area contributed by atoms with Gasteiger partial charge in [0.05, 0.1) is 0 Å². The zero-order chi connectivity index (χ0) is 15.9. The van der Waals surface area contributed by atoms with Gasteiger partial charge in [-0.3, -0.25) is 4.79 Å². The van der Waals surface area contributed by atoms with Crippen LogP contribution in [-0.4, -0.2) is 49.5 Å². The maximum absolute atomic E-state index is 12.7. The molecule has 3 heterocycles. The van der Waals surface area contributed by atoms with Crippen LogP contribution in [0.1, 0.15) is 41.8 Å². The average Bonchev–Trinajstić information content (AvgIpc) is 2.90. The molecule has 2 aromatic heterocycles. The molecular weight excluding hydrogens is 280 g/mol. The first-order valence-corrected chi connectivity index (χ1v) is 7.71. The van der Waals surface area contributed by atoms with Gasteiger partial charge in [-0.15, -0.1) is 5.10 Å². The largest absolute Gasteiger partial charge is 0.332 e. The van der Waals surface area contributed by atoms with Crippen LogP contribution >= 0.6 is 0 Å². The molecule has 1 aliphatic rings. The van der Waals surface area contributed by atoms with Crippen molar-refractivity contribution < 1.29 is 4.79 Å². The van der Waals surface area contributed by atoms with Gasteiger partial charge < -0.3 is 10.6 Å². The van der Waals surface area contributed by atoms with E-state index in [0.29, 0.717) is 24.8 Å². The van der Waals surface area contributed by atoms with Gasteiger partial charge in [0, 0.05) is 30.5 Å². The number of carbonyl (C=O) groups is 1. The molecule has 118 valence electrons. The van der Waals surface area contributed by atoms with E-state index in [2.05, 4.69) is 22.0 Å². The molecule has 2 atom stereocenters. The number of nitrogens with two attached hydrogens (primary N) is 1. The molecule has 0 radical (unpaired) electrons. The van der Waals surface area contributed by atoms with Crippen LogP contribution in [-0.2, 0) is 0 Å². The van der Waals surface area contributed by atoms with Crippen LogP contribution in [0.3, 0.4) is 0 Å². The van der Waals surface area contributed by atoms with Crippen molar-refractivity contribution in [1.29, 1.82) is 0 Å². The maximum Gasteiger partial charge on any atom is 0.293 e. The topological polar surface area (TPSA) is 89.4 Å². The van der Waals surface area contributed by atoms with Crippen LogP contribution in [0.15, 0.2) is 6.07 Å². The first-order valence-electron chi connectivity index (χ1n) is 7.71. The number of aryl methyl sites for hydroxylation is 2. The third kappa shape index (κ3) is 2.56. The Morgan fingerprint density at radius 3 is 2.91 bits per heavy atom. The summed E-state index contributed by atoms with van der Waals surface area (Å²) in [6, 6.07) is 1.99. The van der Waals surface area contributed by atoms with Gasteiger partial charge in [0.2, 0.25) is 5.82 Å². The van der Waals surface area contributed by atoms with Gasteiger partial charge in [-0.05, 0) is 38.7 Å². The van der Waals surface area contributed by atoms with E-state index in [1.165, 1.54) is 0 Å². The number of likely N-dealkylation sites (tertiary alicyclic amines) is 1. The molecule has 22 heavy (non-hydrogen) atoms. The van der Waals surface area contributed by atoms with E-state index in [0.717, 1.165) is 24.2 Å². The number of fused-ring (bicyclic) bond motifs is 1. The summed E-state index contributed by atoms with van der Waals surface area (Å²) in [6.07, 6.45) is 1.93. The van der Waals surface area contributed by atoms with Crippen molar-refractivity contribution in [1.82, 2.24) is 24.5 Å². The summed E-state index contributed by atoms with van der Waals surface area (Å²) in [5.41, 5.74) is 7.62. The molecule has 2 unspecified atom stereocenters. The first kappa shape index (κ1) is 14.9. The van der Waals surface area contributed by atoms with Gasteiger partial charge in [0.1, 0.15) is 0 Å². The molecule has 1 fully saturated rings. The summed E-state index contributed by atoms with van der Waals surface area (Å²) < 4.78 is 1.62. The Balaban J connectivity index is 1.93. The lowest BCUT2D eigenvalue weighted by Gasteiger charge is -2.37. The number of hydrogen-bond acceptors (Lipinski definition) is 5. The predicted molar refractivity (Wildman–Crippen MR) is 82.5 cm³/mol. The summed E-state index contributed by atoms with van der Waals surface area (Å²) in [6.45, 7) is 7.21. The lowest BCUT2D eigenvalue weighted by Crippen LogP contribution is -2.49. The molecule has 1 amide bonds. The molecule has 0 saturated carbocycles. The van der Waals surface area contributed by atoms with Crippen molar-refractivity contribution in [2.75, 3.05) is 13.1 Å². The van der Waals surface area contributed by atoms with Crippen LogP contribution in [0.5, 0.6) is 0 Å². The Hall–Kier alpha value is -2.02. The quantitative estimate of drug-likeness (QED) is 0.891. The number of amides is 1. The molecule has 0 aromatic carbocycles. The molecule has 7 nitrogen and oxygen atoms in total. The van der Waals surface area contributed by atoms with Gasteiger partial charge in [-0.2, -0.15) is 4.98 Å². The SMILES string of the molecule is Cc1cc(C)n2nc(C(=O)N3CCC(C)CC3CN)nc2n1. The Morgan fingerprint density at radius 2 is 2.18 bits per heavy atom. The van der Waals surface area contributed by atoms with Gasteiger partial charge in [-0.1, -0.05) is 6.92 Å². The van der Waals surface area contributed by atoms with Crippen molar-refractivity contribution in [3.63, 3.8) is 0 Å². The molecule has 0 bridgehead atoms. The van der Waals surface area contributed by atoms with E-state index in [1.54, 1.807) is 4.52 Å². The van der Waals surface area contributed by atoms with E-state index < -0.39 is 0 Å². The van der Waals surface area contributed by atoms with Crippen molar-refractivity contribution >= 4 is 11.7 Å². The van der Waals surface area contributed by atoms with Crippen LogP contribution in [0.2, 0.25) is 0 Å². The van der Waals surface area contributed by atoms with Crippen LogP contribution in [0.25, 0.3) is 5.78 Å². The molecule has 0 aliphatic carbocycles. The standard InChI is InChI=1S/C15H22N6O/c1-9-4-5-20(12(6-9)8-16)14(22)13-18-15-17-10(2)7-11(3)21(15)19-13/h7,9,12H,4-6,8,16H2,1-3H3. The van der Waals surface area contributed by atoms with E-state index in [4.69, 9.17) is 5.73 Å². The Labute approximate surface area is 129 Å². The normalized spacial score (nSPS) is 22.3. The summed E-state index contributed by atoms with van der Waals surface area (Å²) in [5.74, 6) is 1.12. The van der Waals surface area contributed by atoms with Gasteiger partial charge in [-0.25, -0.2) is 9.50 Å². The highest BCUT2D eigenvalue weighted by Gasteiger charge is 2.31. The van der Waals surface area contributed by atoms with E-state index in [9.17, 15) is 4.79 Å². The van der Waals surface area contributed by atoms with Gasteiger partial charge in [0.15, 0.2) is 0 Å². The van der Waals surface area contributed by atoms with Crippen molar-refractivity contribution in [3.8, 4) is 0 Å². The lowest BCUT2D eigenvalue weighted by molar-refractivity contribution is 0.0561. The first-order chi connectivity index (χ1) is 10.5. The highest BCUT2D eigenvalue weighted by molar-refractivity contribution is 5.91. The summed E-state index contributed by atoms with van der Waals surface area (Å²) in [4.78, 5) is 23.2. The second-order valence-electron chi connectivity index (χ2n) is 6.20. The molecule has 2 aromatic rings. The molecule has 3 rings (SSSR count). The highest BCUT2D eigenvalue weighted by atomic mass is 16.2. The summed E-state index contributed by atoms with van der Waals surface area (Å²) in [5, 5.41) is 4.33. The van der Waals surface area contributed by atoms with Crippen LogP contribution in [0, 0.1) is 19.8 Å². The van der Waals surface area contributed by atoms with Gasteiger partial charge >= 0.3 is 0 Å². The second-order valence-corrected chi connectivity index (χ2v) is 6.20. The number of aromatic nitrogens is 4. The Bertz CT molecular complexity index is 709. The number of piperidine rings is 1. The zero-order valence-electron chi connectivity index (χ0n) is 13.3. The Morgan fingerprint density at radius 1 is 1.41 bits per heavy atom. The van der Waals surface area contributed by atoms with Crippen molar-refractivity contribution in [3.05, 3.63) is 23.3 Å². The minimum atomic E-state index is -0.148. The third-order valence-corrected chi connectivity index (χ3v) is 4.32. The third-order valence-electron chi connectivity index (χ3n) is 4.32. The number of hydrogen-bond donors (Lipinski definition) is 1. The smallest absolute Gasteiger partial charge is 0.293 e. The fraction of sp³-hybridized carbons (Fsp3) is 0.600. The van der Waals surface area contributed by atoms with E-state index in [1.807, 2.05) is 24.8 Å². The Kier molecular flexibility index (Phi) is 3.82. The molecule has 0 spiro atoms. The lowest BCUT2D eigenvalue weighted by atomic mass is 9.92. The number of nitrogens with zero attached hydrogens (tertiary/aromatic N) is 5. The zero-order valence-corrected chi connectivity index (χ0v) is 13.3. The fourth-order valence-electron chi connectivity index (χ4n) is 3.13. The maximum atomic E-state index is 12.7. The van der Waals surface area contributed by atoms with Crippen LogP contribution in [0.4, 0.5) is 0 Å². The minimum absolute atomic E-state index is 0.0682. The molecule has 1 saturated heterocycles. The molecule has 1 aliphatic heterocycles. The van der Waals surface area contributed by atoms with Crippen molar-refractivity contribution in [2.24, 2.45) is 11.7 Å². The number of carbonyl (C=O) groups excluding carboxylic acids is 1. The van der Waals surface area contributed by atoms with E-state index in [-0.39, 0.29) is 17.8 Å². The van der Waals surface area contributed by atoms with Gasteiger partial charge in [0.25, 0.3) is 11.7 Å². The molecular formula is C15H22N6O. The van der Waals surface area contributed by atoms with Crippen molar-refractivity contribution in [2.45, 2.75) is 39.7 Å². The fourth-order valence-corrected chi connectivity index (χ4v) is 3.13.